The van der Waals surface area contributed by atoms with E-state index >= 15 is 0 Å². The number of rotatable bonds is 3. The van der Waals surface area contributed by atoms with Crippen LogP contribution in [0.5, 0.6) is 0 Å². The number of fused-ring (bicyclic) bond motifs is 1. The molecule has 0 radical (unpaired) electrons. The molecule has 1 saturated heterocycles. The van der Waals surface area contributed by atoms with E-state index in [0.717, 1.165) is 24.0 Å². The van der Waals surface area contributed by atoms with E-state index in [1.165, 1.54) is 4.80 Å². The van der Waals surface area contributed by atoms with Gasteiger partial charge in [-0.1, -0.05) is 23.2 Å². The molecule has 32 heavy (non-hydrogen) atoms. The summed E-state index contributed by atoms with van der Waals surface area (Å²) in [7, 11) is 0. The van der Waals surface area contributed by atoms with Crippen LogP contribution in [0.1, 0.15) is 29.3 Å². The van der Waals surface area contributed by atoms with E-state index in [9.17, 15) is 4.79 Å². The van der Waals surface area contributed by atoms with Crippen LogP contribution in [-0.4, -0.2) is 56.5 Å². The van der Waals surface area contributed by atoms with Crippen LogP contribution in [0, 0.1) is 6.92 Å². The van der Waals surface area contributed by atoms with E-state index in [0.29, 0.717) is 41.0 Å². The van der Waals surface area contributed by atoms with Crippen molar-refractivity contribution in [2.45, 2.75) is 26.3 Å². The number of hydrogen-bond donors (Lipinski definition) is 0. The first kappa shape index (κ1) is 20.5. The molecule has 3 heterocycles. The van der Waals surface area contributed by atoms with Gasteiger partial charge in [-0.2, -0.15) is 20.0 Å². The summed E-state index contributed by atoms with van der Waals surface area (Å²) in [5.74, 6) is -0.0281. The monoisotopic (exact) mass is 450 g/mol. The van der Waals surface area contributed by atoms with Gasteiger partial charge in [0.25, 0.3) is 11.9 Å². The lowest BCUT2D eigenvalue weighted by Crippen LogP contribution is -2.40. The summed E-state index contributed by atoms with van der Waals surface area (Å²) in [6.07, 6.45) is 4.01. The van der Waals surface area contributed by atoms with Gasteiger partial charge in [0.15, 0.2) is 5.58 Å². The molecular formula is C23H23ClN6O2. The molecule has 0 bridgehead atoms. The van der Waals surface area contributed by atoms with Crippen molar-refractivity contribution in [3.05, 3.63) is 64.9 Å². The Kier molecular flexibility index (Phi) is 5.30. The lowest BCUT2D eigenvalue weighted by atomic mass is 10.1. The first-order chi connectivity index (χ1) is 15.5. The molecule has 1 amide bonds. The van der Waals surface area contributed by atoms with Crippen molar-refractivity contribution >= 4 is 34.6 Å². The number of hydrogen-bond acceptors (Lipinski definition) is 6. The Balaban J connectivity index is 1.41. The minimum absolute atomic E-state index is 0.0281. The number of aryl methyl sites for hydroxylation is 1. The molecule has 1 aliphatic rings. The van der Waals surface area contributed by atoms with Crippen molar-refractivity contribution in [1.29, 1.82) is 0 Å². The highest BCUT2D eigenvalue weighted by Gasteiger charge is 2.29. The Labute approximate surface area is 190 Å². The molecule has 4 aromatic rings. The third-order valence-electron chi connectivity index (χ3n) is 5.85. The molecule has 0 aliphatic carbocycles. The summed E-state index contributed by atoms with van der Waals surface area (Å²) in [4.78, 5) is 23.7. The van der Waals surface area contributed by atoms with Gasteiger partial charge in [-0.15, -0.1) is 0 Å². The molecule has 1 fully saturated rings. The second kappa shape index (κ2) is 8.27. The van der Waals surface area contributed by atoms with E-state index in [4.69, 9.17) is 16.0 Å². The smallest absolute Gasteiger partial charge is 0.298 e. The van der Waals surface area contributed by atoms with Crippen molar-refractivity contribution in [2.75, 3.05) is 24.5 Å². The molecule has 8 nitrogen and oxygen atoms in total. The molecule has 0 saturated carbocycles. The number of anilines is 1. The zero-order chi connectivity index (χ0) is 22.2. The molecule has 1 atom stereocenters. The van der Waals surface area contributed by atoms with Gasteiger partial charge < -0.3 is 14.2 Å². The summed E-state index contributed by atoms with van der Waals surface area (Å²) < 4.78 is 5.95. The molecule has 9 heteroatoms. The van der Waals surface area contributed by atoms with Gasteiger partial charge in [-0.05, 0) is 50.6 Å². The van der Waals surface area contributed by atoms with Crippen molar-refractivity contribution in [3.63, 3.8) is 0 Å². The van der Waals surface area contributed by atoms with Crippen LogP contribution in [0.3, 0.4) is 0 Å². The predicted molar refractivity (Wildman–Crippen MR) is 122 cm³/mol. The van der Waals surface area contributed by atoms with E-state index < -0.39 is 0 Å². The Morgan fingerprint density at radius 2 is 1.91 bits per heavy atom. The Morgan fingerprint density at radius 3 is 2.72 bits per heavy atom. The molecule has 1 aliphatic heterocycles. The molecule has 0 spiro atoms. The minimum atomic E-state index is -0.0281. The van der Waals surface area contributed by atoms with Crippen LogP contribution in [0.2, 0.25) is 5.02 Å². The number of halogens is 1. The van der Waals surface area contributed by atoms with E-state index in [-0.39, 0.29) is 11.9 Å². The van der Waals surface area contributed by atoms with E-state index in [2.05, 4.69) is 27.0 Å². The van der Waals surface area contributed by atoms with E-state index in [1.807, 2.05) is 36.1 Å². The zero-order valence-electron chi connectivity index (χ0n) is 17.9. The lowest BCUT2D eigenvalue weighted by Gasteiger charge is -2.27. The van der Waals surface area contributed by atoms with Gasteiger partial charge in [0.1, 0.15) is 5.52 Å². The van der Waals surface area contributed by atoms with Crippen molar-refractivity contribution in [2.24, 2.45) is 0 Å². The van der Waals surface area contributed by atoms with Crippen LogP contribution >= 0.6 is 11.6 Å². The third-order valence-corrected chi connectivity index (χ3v) is 6.08. The number of amides is 1. The molecule has 2 aromatic carbocycles. The minimum Gasteiger partial charge on any atom is -0.423 e. The van der Waals surface area contributed by atoms with Gasteiger partial charge in [0.05, 0.1) is 23.6 Å². The topological polar surface area (TPSA) is 80.3 Å². The first-order valence-corrected chi connectivity index (χ1v) is 11.0. The molecule has 164 valence electrons. The number of nitrogens with zero attached hydrogens (tertiary/aromatic N) is 6. The highest BCUT2D eigenvalue weighted by atomic mass is 35.5. The third kappa shape index (κ3) is 3.82. The SMILES string of the molecule is Cc1ccc(-n2nccn2)c(C(=O)N2CCN(c3nc4cc(Cl)ccc4o3)CCC2C)c1. The highest BCUT2D eigenvalue weighted by molar-refractivity contribution is 6.31. The average molecular weight is 451 g/mol. The fourth-order valence-corrected chi connectivity index (χ4v) is 4.23. The van der Waals surface area contributed by atoms with Gasteiger partial charge in [0, 0.05) is 30.7 Å². The van der Waals surface area contributed by atoms with Crippen LogP contribution < -0.4 is 4.90 Å². The largest absolute Gasteiger partial charge is 0.423 e. The maximum absolute atomic E-state index is 13.6. The molecule has 1 unspecified atom stereocenters. The zero-order valence-corrected chi connectivity index (χ0v) is 18.7. The maximum atomic E-state index is 13.6. The van der Waals surface area contributed by atoms with Gasteiger partial charge in [-0.25, -0.2) is 0 Å². The first-order valence-electron chi connectivity index (χ1n) is 10.6. The Hall–Kier alpha value is -3.39. The Bertz CT molecular complexity index is 1270. The van der Waals surface area contributed by atoms with Gasteiger partial charge in [-0.3, -0.25) is 4.79 Å². The van der Waals surface area contributed by atoms with Gasteiger partial charge in [0.2, 0.25) is 0 Å². The summed E-state index contributed by atoms with van der Waals surface area (Å²) >= 11 is 6.08. The Morgan fingerprint density at radius 1 is 1.09 bits per heavy atom. The average Bonchev–Trinajstić information content (AvgIpc) is 3.41. The highest BCUT2D eigenvalue weighted by Crippen LogP contribution is 2.27. The summed E-state index contributed by atoms with van der Waals surface area (Å²) in [6, 6.07) is 11.8. The summed E-state index contributed by atoms with van der Waals surface area (Å²) in [6.45, 7) is 5.98. The van der Waals surface area contributed by atoms with Crippen molar-refractivity contribution in [1.82, 2.24) is 24.9 Å². The number of aromatic nitrogens is 4. The second-order valence-electron chi connectivity index (χ2n) is 8.07. The van der Waals surface area contributed by atoms with Gasteiger partial charge >= 0.3 is 0 Å². The van der Waals surface area contributed by atoms with Crippen LogP contribution in [0.25, 0.3) is 16.8 Å². The molecule has 0 N–H and O–H groups in total. The standard InChI is InChI=1S/C23H23ClN6O2/c1-15-3-5-20(30-25-8-9-26-30)18(13-15)22(31)29-12-11-28(10-7-16(29)2)23-27-19-14-17(24)4-6-21(19)32-23/h3-6,8-9,13-14,16H,7,10-12H2,1-2H3. The van der Waals surface area contributed by atoms with Crippen LogP contribution in [-0.2, 0) is 0 Å². The molecular weight excluding hydrogens is 428 g/mol. The molecule has 5 rings (SSSR count). The predicted octanol–water partition coefficient (Wildman–Crippen LogP) is 4.11. The quantitative estimate of drug-likeness (QED) is 0.467. The number of carbonyl (C=O) groups excluding carboxylic acids is 1. The number of benzene rings is 2. The van der Waals surface area contributed by atoms with Crippen LogP contribution in [0.4, 0.5) is 6.01 Å². The number of oxazole rings is 1. The lowest BCUT2D eigenvalue weighted by molar-refractivity contribution is 0.0704. The fourth-order valence-electron chi connectivity index (χ4n) is 4.07. The molecule has 2 aromatic heterocycles. The van der Waals surface area contributed by atoms with E-state index in [1.54, 1.807) is 24.5 Å². The normalized spacial score (nSPS) is 17.0. The van der Waals surface area contributed by atoms with Crippen LogP contribution in [0.15, 0.2) is 53.2 Å². The second-order valence-corrected chi connectivity index (χ2v) is 8.51. The maximum Gasteiger partial charge on any atom is 0.298 e. The summed E-state index contributed by atoms with van der Waals surface area (Å²) in [5.41, 5.74) is 3.71. The fraction of sp³-hybridized carbons (Fsp3) is 0.304. The summed E-state index contributed by atoms with van der Waals surface area (Å²) in [5, 5.41) is 9.06. The van der Waals surface area contributed by atoms with Crippen molar-refractivity contribution in [3.8, 4) is 5.69 Å². The van der Waals surface area contributed by atoms with Crippen molar-refractivity contribution < 1.29 is 9.21 Å². The number of carbonyl (C=O) groups is 1.